The number of piperidine rings is 1. The van der Waals surface area contributed by atoms with Crippen LogP contribution in [0.5, 0.6) is 0 Å². The summed E-state index contributed by atoms with van der Waals surface area (Å²) in [5, 5.41) is 7.94. The molecule has 1 aromatic heterocycles. The molecule has 1 aromatic carbocycles. The molecule has 1 N–H and O–H groups in total. The van der Waals surface area contributed by atoms with E-state index in [9.17, 15) is 4.79 Å². The number of nitrogens with one attached hydrogen (secondary N) is 1. The summed E-state index contributed by atoms with van der Waals surface area (Å²) < 4.78 is 5.25. The molecule has 2 heterocycles. The number of hydrogen-bond donors (Lipinski definition) is 1. The molecule has 24 heavy (non-hydrogen) atoms. The third-order valence-corrected chi connectivity index (χ3v) is 4.63. The zero-order chi connectivity index (χ0) is 16.9. The van der Waals surface area contributed by atoms with Gasteiger partial charge in [-0.25, -0.2) is 0 Å². The first-order valence-electron chi connectivity index (χ1n) is 8.18. The van der Waals surface area contributed by atoms with Gasteiger partial charge in [0.1, 0.15) is 0 Å². The summed E-state index contributed by atoms with van der Waals surface area (Å²) in [6, 6.07) is 7.57. The average molecular weight is 349 g/mol. The van der Waals surface area contributed by atoms with E-state index in [0.717, 1.165) is 31.5 Å². The monoisotopic (exact) mass is 348 g/mol. The van der Waals surface area contributed by atoms with E-state index in [-0.39, 0.29) is 5.91 Å². The molecular weight excluding hydrogens is 328 g/mol. The molecule has 3 rings (SSSR count). The lowest BCUT2D eigenvalue weighted by molar-refractivity contribution is -0.132. The van der Waals surface area contributed by atoms with Gasteiger partial charge in [-0.05, 0) is 50.2 Å². The number of aryl methyl sites for hydroxylation is 1. The van der Waals surface area contributed by atoms with Crippen LogP contribution in [0.15, 0.2) is 28.8 Å². The standard InChI is InChI=1S/C17H21ClN4O2/c1-22(14-8-10-19-11-9-14)16(23)7-6-15-20-17(21-24-15)12-2-4-13(18)5-3-12/h2-5,14,19H,6-11H2,1H3. The number of carbonyl (C=O) groups excluding carboxylic acids is 1. The third kappa shape index (κ3) is 4.13. The minimum absolute atomic E-state index is 0.119. The van der Waals surface area contributed by atoms with Gasteiger partial charge in [-0.3, -0.25) is 4.79 Å². The van der Waals surface area contributed by atoms with Crippen LogP contribution in [-0.2, 0) is 11.2 Å². The summed E-state index contributed by atoms with van der Waals surface area (Å²) in [4.78, 5) is 18.5. The first-order valence-corrected chi connectivity index (χ1v) is 8.56. The fraction of sp³-hybridized carbons (Fsp3) is 0.471. The zero-order valence-electron chi connectivity index (χ0n) is 13.7. The summed E-state index contributed by atoms with van der Waals surface area (Å²) in [7, 11) is 1.88. The van der Waals surface area contributed by atoms with Crippen LogP contribution in [-0.4, -0.2) is 47.1 Å². The van der Waals surface area contributed by atoms with Crippen molar-refractivity contribution < 1.29 is 9.32 Å². The predicted molar refractivity (Wildman–Crippen MR) is 91.7 cm³/mol. The van der Waals surface area contributed by atoms with Crippen LogP contribution in [0.25, 0.3) is 11.4 Å². The Morgan fingerprint density at radius 3 is 2.75 bits per heavy atom. The highest BCUT2D eigenvalue weighted by Crippen LogP contribution is 2.19. The van der Waals surface area contributed by atoms with Gasteiger partial charge >= 0.3 is 0 Å². The van der Waals surface area contributed by atoms with E-state index in [0.29, 0.717) is 35.6 Å². The first kappa shape index (κ1) is 16.9. The number of halogens is 1. The van der Waals surface area contributed by atoms with Crippen molar-refractivity contribution in [3.8, 4) is 11.4 Å². The van der Waals surface area contributed by atoms with Crippen LogP contribution in [0.1, 0.15) is 25.2 Å². The minimum Gasteiger partial charge on any atom is -0.343 e. The van der Waals surface area contributed by atoms with E-state index < -0.39 is 0 Å². The van der Waals surface area contributed by atoms with Crippen molar-refractivity contribution in [3.05, 3.63) is 35.2 Å². The molecule has 2 aromatic rings. The molecule has 0 bridgehead atoms. The molecule has 6 nitrogen and oxygen atoms in total. The van der Waals surface area contributed by atoms with E-state index in [1.165, 1.54) is 0 Å². The zero-order valence-corrected chi connectivity index (χ0v) is 14.4. The van der Waals surface area contributed by atoms with Crippen LogP contribution >= 0.6 is 11.6 Å². The second-order valence-corrected chi connectivity index (χ2v) is 6.44. The van der Waals surface area contributed by atoms with Gasteiger partial charge in [0.05, 0.1) is 0 Å². The largest absolute Gasteiger partial charge is 0.343 e. The second-order valence-electron chi connectivity index (χ2n) is 6.00. The summed E-state index contributed by atoms with van der Waals surface area (Å²) in [5.41, 5.74) is 0.840. The highest BCUT2D eigenvalue weighted by molar-refractivity contribution is 6.30. The summed E-state index contributed by atoms with van der Waals surface area (Å²) in [6.07, 6.45) is 2.84. The Morgan fingerprint density at radius 1 is 1.33 bits per heavy atom. The van der Waals surface area contributed by atoms with Crippen molar-refractivity contribution in [2.45, 2.75) is 31.7 Å². The van der Waals surface area contributed by atoms with Gasteiger partial charge in [0.25, 0.3) is 0 Å². The van der Waals surface area contributed by atoms with Gasteiger partial charge in [-0.15, -0.1) is 0 Å². The van der Waals surface area contributed by atoms with Crippen molar-refractivity contribution in [1.82, 2.24) is 20.4 Å². The molecule has 1 aliphatic rings. The van der Waals surface area contributed by atoms with E-state index in [1.54, 1.807) is 12.1 Å². The number of carbonyl (C=O) groups is 1. The van der Waals surface area contributed by atoms with Crippen molar-refractivity contribution >= 4 is 17.5 Å². The molecule has 1 fully saturated rings. The Kier molecular flexibility index (Phi) is 5.48. The summed E-state index contributed by atoms with van der Waals surface area (Å²) in [6.45, 7) is 1.94. The second kappa shape index (κ2) is 7.77. The number of hydrogen-bond acceptors (Lipinski definition) is 5. The smallest absolute Gasteiger partial charge is 0.227 e. The fourth-order valence-corrected chi connectivity index (χ4v) is 2.99. The van der Waals surface area contributed by atoms with Crippen molar-refractivity contribution in [2.75, 3.05) is 20.1 Å². The maximum atomic E-state index is 12.3. The molecule has 0 saturated carbocycles. The molecule has 128 valence electrons. The fourth-order valence-electron chi connectivity index (χ4n) is 2.86. The molecule has 0 spiro atoms. The van der Waals surface area contributed by atoms with Gasteiger partial charge in [0.15, 0.2) is 0 Å². The Balaban J connectivity index is 1.55. The number of nitrogens with zero attached hydrogens (tertiary/aromatic N) is 3. The third-order valence-electron chi connectivity index (χ3n) is 4.37. The summed E-state index contributed by atoms with van der Waals surface area (Å²) >= 11 is 5.87. The van der Waals surface area contributed by atoms with Crippen molar-refractivity contribution in [3.63, 3.8) is 0 Å². The lowest BCUT2D eigenvalue weighted by Gasteiger charge is -2.31. The quantitative estimate of drug-likeness (QED) is 0.899. The number of amides is 1. The first-order chi connectivity index (χ1) is 11.6. The SMILES string of the molecule is CN(C(=O)CCc1nc(-c2ccc(Cl)cc2)no1)C1CCNCC1. The molecule has 0 unspecified atom stereocenters. The number of benzene rings is 1. The van der Waals surface area contributed by atoms with Crippen LogP contribution in [0.3, 0.4) is 0 Å². The summed E-state index contributed by atoms with van der Waals surface area (Å²) in [5.74, 6) is 1.11. The van der Waals surface area contributed by atoms with E-state index in [4.69, 9.17) is 16.1 Å². The molecule has 1 saturated heterocycles. The Bertz CT molecular complexity index is 680. The molecule has 1 aliphatic heterocycles. The van der Waals surface area contributed by atoms with E-state index >= 15 is 0 Å². The molecule has 0 atom stereocenters. The lowest BCUT2D eigenvalue weighted by Crippen LogP contribution is -2.44. The van der Waals surface area contributed by atoms with Gasteiger partial charge < -0.3 is 14.7 Å². The Hall–Kier alpha value is -1.92. The van der Waals surface area contributed by atoms with E-state index in [2.05, 4.69) is 15.5 Å². The Labute approximate surface area is 146 Å². The molecule has 7 heteroatoms. The lowest BCUT2D eigenvalue weighted by atomic mass is 10.0. The van der Waals surface area contributed by atoms with Crippen LogP contribution < -0.4 is 5.32 Å². The minimum atomic E-state index is 0.119. The maximum absolute atomic E-state index is 12.3. The Morgan fingerprint density at radius 2 is 2.04 bits per heavy atom. The maximum Gasteiger partial charge on any atom is 0.227 e. The highest BCUT2D eigenvalue weighted by atomic mass is 35.5. The molecule has 1 amide bonds. The molecular formula is C17H21ClN4O2. The normalized spacial score (nSPS) is 15.4. The van der Waals surface area contributed by atoms with Crippen LogP contribution in [0.4, 0.5) is 0 Å². The van der Waals surface area contributed by atoms with Gasteiger partial charge in [-0.1, -0.05) is 16.8 Å². The van der Waals surface area contributed by atoms with E-state index in [1.807, 2.05) is 24.1 Å². The van der Waals surface area contributed by atoms with Crippen molar-refractivity contribution in [1.29, 1.82) is 0 Å². The van der Waals surface area contributed by atoms with Crippen molar-refractivity contribution in [2.24, 2.45) is 0 Å². The number of rotatable bonds is 5. The average Bonchev–Trinajstić information content (AvgIpc) is 3.09. The molecule has 0 aliphatic carbocycles. The van der Waals surface area contributed by atoms with Gasteiger partial charge in [-0.2, -0.15) is 4.98 Å². The highest BCUT2D eigenvalue weighted by Gasteiger charge is 2.22. The topological polar surface area (TPSA) is 71.3 Å². The number of aromatic nitrogens is 2. The van der Waals surface area contributed by atoms with Gasteiger partial charge in [0.2, 0.25) is 17.6 Å². The predicted octanol–water partition coefficient (Wildman–Crippen LogP) is 2.53. The molecule has 0 radical (unpaired) electrons. The van der Waals surface area contributed by atoms with Crippen LogP contribution in [0.2, 0.25) is 5.02 Å². The van der Waals surface area contributed by atoms with Crippen LogP contribution in [0, 0.1) is 0 Å². The van der Waals surface area contributed by atoms with Gasteiger partial charge in [0, 0.05) is 36.5 Å².